The van der Waals surface area contributed by atoms with Crippen LogP contribution in [0.5, 0.6) is 0 Å². The highest BCUT2D eigenvalue weighted by Gasteiger charge is 2.42. The zero-order chi connectivity index (χ0) is 14.8. The van der Waals surface area contributed by atoms with Gasteiger partial charge in [0.1, 0.15) is 0 Å². The summed E-state index contributed by atoms with van der Waals surface area (Å²) in [6, 6.07) is 7.02. The van der Waals surface area contributed by atoms with Crippen molar-refractivity contribution in [3.05, 3.63) is 42.2 Å². The van der Waals surface area contributed by atoms with Crippen LogP contribution in [-0.4, -0.2) is 45.9 Å². The average molecular weight is 285 g/mol. The van der Waals surface area contributed by atoms with Gasteiger partial charge in [-0.05, 0) is 31.9 Å². The Labute approximate surface area is 126 Å². The molecule has 0 N–H and O–H groups in total. The summed E-state index contributed by atoms with van der Waals surface area (Å²) >= 11 is 0. The molecule has 0 bridgehead atoms. The summed E-state index contributed by atoms with van der Waals surface area (Å²) < 4.78 is 0. The van der Waals surface area contributed by atoms with Crippen molar-refractivity contribution in [1.29, 1.82) is 0 Å². The van der Waals surface area contributed by atoms with Crippen molar-refractivity contribution in [2.45, 2.75) is 44.8 Å². The molecule has 2 saturated heterocycles. The van der Waals surface area contributed by atoms with Crippen LogP contribution in [0.1, 0.15) is 30.7 Å². The zero-order valence-corrected chi connectivity index (χ0v) is 12.7. The third-order valence-electron chi connectivity index (χ3n) is 4.64. The molecule has 0 saturated carbocycles. The van der Waals surface area contributed by atoms with Crippen LogP contribution >= 0.6 is 0 Å². The molecule has 4 heteroatoms. The Balaban J connectivity index is 1.72. The minimum atomic E-state index is 0.284. The van der Waals surface area contributed by atoms with E-state index in [1.165, 1.54) is 0 Å². The maximum atomic E-state index is 12.1. The highest BCUT2D eigenvalue weighted by molar-refractivity contribution is 5.78. The quantitative estimate of drug-likeness (QED) is 0.795. The van der Waals surface area contributed by atoms with Gasteiger partial charge in [-0.2, -0.15) is 0 Å². The summed E-state index contributed by atoms with van der Waals surface area (Å²) in [5.41, 5.74) is 2.19. The lowest BCUT2D eigenvalue weighted by Crippen LogP contribution is -2.52. The molecular weight excluding hydrogens is 262 g/mol. The summed E-state index contributed by atoms with van der Waals surface area (Å²) in [6.07, 6.45) is 4.54. The Morgan fingerprint density at radius 1 is 1.38 bits per heavy atom. The lowest BCUT2D eigenvalue weighted by Gasteiger charge is -2.39. The second-order valence-corrected chi connectivity index (χ2v) is 6.04. The fraction of sp³-hybridized carbons (Fsp3) is 0.529. The highest BCUT2D eigenvalue weighted by Crippen LogP contribution is 2.32. The van der Waals surface area contributed by atoms with Gasteiger partial charge in [0.15, 0.2) is 0 Å². The molecule has 3 rings (SSSR count). The van der Waals surface area contributed by atoms with Gasteiger partial charge in [-0.15, -0.1) is 6.58 Å². The van der Waals surface area contributed by atoms with E-state index in [4.69, 9.17) is 0 Å². The molecule has 2 aliphatic rings. The fourth-order valence-electron chi connectivity index (χ4n) is 3.71. The van der Waals surface area contributed by atoms with Gasteiger partial charge < -0.3 is 4.90 Å². The van der Waals surface area contributed by atoms with E-state index in [0.717, 1.165) is 37.3 Å². The summed E-state index contributed by atoms with van der Waals surface area (Å²) in [5, 5.41) is 0. The number of amides is 1. The molecule has 4 nitrogen and oxygen atoms in total. The molecular formula is C17H23N3O. The van der Waals surface area contributed by atoms with Crippen molar-refractivity contribution in [2.24, 2.45) is 0 Å². The Morgan fingerprint density at radius 2 is 2.24 bits per heavy atom. The first-order chi connectivity index (χ1) is 10.2. The molecule has 2 aliphatic heterocycles. The number of carbonyl (C=O) groups is 1. The summed E-state index contributed by atoms with van der Waals surface area (Å²) in [6.45, 7) is 8.42. The number of hydrogen-bond donors (Lipinski definition) is 0. The van der Waals surface area contributed by atoms with Crippen molar-refractivity contribution >= 4 is 5.91 Å². The van der Waals surface area contributed by atoms with Crippen LogP contribution < -0.4 is 0 Å². The molecule has 0 unspecified atom stereocenters. The predicted molar refractivity (Wildman–Crippen MR) is 82.7 cm³/mol. The maximum Gasteiger partial charge on any atom is 0.223 e. The number of likely N-dealkylation sites (tertiary alicyclic amines) is 2. The Kier molecular flexibility index (Phi) is 4.06. The van der Waals surface area contributed by atoms with E-state index >= 15 is 0 Å². The average Bonchev–Trinajstić information content (AvgIpc) is 2.85. The number of aryl methyl sites for hydroxylation is 1. The van der Waals surface area contributed by atoms with Crippen LogP contribution in [-0.2, 0) is 11.3 Å². The number of pyridine rings is 1. The first-order valence-corrected chi connectivity index (χ1v) is 7.76. The van der Waals surface area contributed by atoms with Gasteiger partial charge in [0.05, 0.1) is 5.69 Å². The van der Waals surface area contributed by atoms with E-state index in [1.807, 2.05) is 24.0 Å². The zero-order valence-electron chi connectivity index (χ0n) is 12.7. The molecule has 1 amide bonds. The topological polar surface area (TPSA) is 36.4 Å². The maximum absolute atomic E-state index is 12.1. The third-order valence-corrected chi connectivity index (χ3v) is 4.64. The fourth-order valence-corrected chi connectivity index (χ4v) is 3.71. The van der Waals surface area contributed by atoms with Crippen LogP contribution in [0, 0.1) is 6.92 Å². The smallest absolute Gasteiger partial charge is 0.223 e. The van der Waals surface area contributed by atoms with Crippen LogP contribution in [0.15, 0.2) is 30.9 Å². The van der Waals surface area contributed by atoms with Gasteiger partial charge in [-0.3, -0.25) is 14.7 Å². The number of fused-ring (bicyclic) bond motifs is 1. The molecule has 0 aromatic carbocycles. The highest BCUT2D eigenvalue weighted by atomic mass is 16.2. The van der Waals surface area contributed by atoms with E-state index in [-0.39, 0.29) is 5.91 Å². The predicted octanol–water partition coefficient (Wildman–Crippen LogP) is 2.14. The number of aromatic nitrogens is 1. The number of carbonyl (C=O) groups excluding carboxylic acids is 1. The van der Waals surface area contributed by atoms with E-state index in [0.29, 0.717) is 25.0 Å². The van der Waals surface area contributed by atoms with Gasteiger partial charge in [0.25, 0.3) is 0 Å². The normalized spacial score (nSPS) is 26.0. The summed E-state index contributed by atoms with van der Waals surface area (Å²) in [5.74, 6) is 0.284. The summed E-state index contributed by atoms with van der Waals surface area (Å²) in [4.78, 5) is 21.2. The SMILES string of the molecule is C=CCN1C(=O)CC[C@H]2[C@@H]1CCN2Cc1cccc(C)n1. The van der Waals surface area contributed by atoms with Crippen molar-refractivity contribution in [1.82, 2.24) is 14.8 Å². The number of hydrogen-bond acceptors (Lipinski definition) is 3. The Morgan fingerprint density at radius 3 is 3.00 bits per heavy atom. The monoisotopic (exact) mass is 285 g/mol. The second-order valence-electron chi connectivity index (χ2n) is 6.04. The van der Waals surface area contributed by atoms with E-state index in [2.05, 4.69) is 28.6 Å². The number of rotatable bonds is 4. The van der Waals surface area contributed by atoms with Crippen LogP contribution in [0.25, 0.3) is 0 Å². The minimum Gasteiger partial charge on any atom is -0.334 e. The van der Waals surface area contributed by atoms with Crippen molar-refractivity contribution in [2.75, 3.05) is 13.1 Å². The van der Waals surface area contributed by atoms with Gasteiger partial charge in [-0.1, -0.05) is 12.1 Å². The minimum absolute atomic E-state index is 0.284. The molecule has 2 fully saturated rings. The molecule has 0 spiro atoms. The van der Waals surface area contributed by atoms with Crippen molar-refractivity contribution in [3.63, 3.8) is 0 Å². The van der Waals surface area contributed by atoms with Gasteiger partial charge in [-0.25, -0.2) is 0 Å². The number of piperidine rings is 1. The van der Waals surface area contributed by atoms with E-state index in [1.54, 1.807) is 0 Å². The van der Waals surface area contributed by atoms with Gasteiger partial charge in [0, 0.05) is 43.8 Å². The first-order valence-electron chi connectivity index (χ1n) is 7.76. The molecule has 112 valence electrons. The largest absolute Gasteiger partial charge is 0.334 e. The number of nitrogens with zero attached hydrogens (tertiary/aromatic N) is 3. The lowest BCUT2D eigenvalue weighted by atomic mass is 9.96. The second kappa shape index (κ2) is 5.98. The third kappa shape index (κ3) is 2.86. The van der Waals surface area contributed by atoms with E-state index in [9.17, 15) is 4.79 Å². The molecule has 21 heavy (non-hydrogen) atoms. The standard InChI is InChI=1S/C17H23N3O/c1-3-10-20-16-9-11-19(15(16)7-8-17(20)21)12-14-6-4-5-13(2)18-14/h3-6,15-16H,1,7-12H2,2H3/t15-,16-/m0/s1. The molecule has 1 aromatic rings. The first kappa shape index (κ1) is 14.3. The Bertz CT molecular complexity index is 543. The van der Waals surface area contributed by atoms with Crippen molar-refractivity contribution in [3.8, 4) is 0 Å². The van der Waals surface area contributed by atoms with Gasteiger partial charge >= 0.3 is 0 Å². The lowest BCUT2D eigenvalue weighted by molar-refractivity contribution is -0.136. The molecule has 1 aromatic heterocycles. The summed E-state index contributed by atoms with van der Waals surface area (Å²) in [7, 11) is 0. The van der Waals surface area contributed by atoms with Crippen LogP contribution in [0.4, 0.5) is 0 Å². The van der Waals surface area contributed by atoms with Crippen molar-refractivity contribution < 1.29 is 4.79 Å². The van der Waals surface area contributed by atoms with E-state index < -0.39 is 0 Å². The molecule has 0 aliphatic carbocycles. The van der Waals surface area contributed by atoms with Crippen LogP contribution in [0.3, 0.4) is 0 Å². The van der Waals surface area contributed by atoms with Crippen LogP contribution in [0.2, 0.25) is 0 Å². The Hall–Kier alpha value is -1.68. The molecule has 3 heterocycles. The van der Waals surface area contributed by atoms with Gasteiger partial charge in [0.2, 0.25) is 5.91 Å². The molecule has 0 radical (unpaired) electrons. The molecule has 2 atom stereocenters.